The second kappa shape index (κ2) is 3.09. The van der Waals surface area contributed by atoms with Crippen molar-refractivity contribution in [3.63, 3.8) is 0 Å². The van der Waals surface area contributed by atoms with E-state index in [0.29, 0.717) is 19.1 Å². The lowest BCUT2D eigenvalue weighted by atomic mass is 9.87. The van der Waals surface area contributed by atoms with Gasteiger partial charge in [0, 0.05) is 6.04 Å². The maximum Gasteiger partial charge on any atom is 0.126 e. The molecule has 0 aromatic heterocycles. The maximum atomic E-state index is 9.68. The van der Waals surface area contributed by atoms with Crippen LogP contribution in [0.3, 0.4) is 0 Å². The van der Waals surface area contributed by atoms with Crippen molar-refractivity contribution in [2.45, 2.75) is 31.9 Å². The molecule has 0 amide bonds. The van der Waals surface area contributed by atoms with E-state index in [-0.39, 0.29) is 6.04 Å². The third-order valence-electron chi connectivity index (χ3n) is 2.12. The Balaban J connectivity index is 2.34. The molecule has 1 saturated heterocycles. The zero-order chi connectivity index (χ0) is 8.48. The highest BCUT2D eigenvalue weighted by molar-refractivity contribution is 4.95. The zero-order valence-corrected chi connectivity index (χ0v) is 7.21. The molecular weight excluding hydrogens is 142 g/mol. The fourth-order valence-electron chi connectivity index (χ4n) is 1.25. The molecule has 0 aliphatic carbocycles. The van der Waals surface area contributed by atoms with Gasteiger partial charge in [-0.25, -0.2) is 0 Å². The molecule has 0 unspecified atom stereocenters. The van der Waals surface area contributed by atoms with Crippen LogP contribution in [0.2, 0.25) is 0 Å². The smallest absolute Gasteiger partial charge is 0.126 e. The van der Waals surface area contributed by atoms with Gasteiger partial charge in [-0.05, 0) is 12.3 Å². The molecule has 3 nitrogen and oxygen atoms in total. The Morgan fingerprint density at radius 1 is 1.55 bits per heavy atom. The van der Waals surface area contributed by atoms with E-state index < -0.39 is 5.60 Å². The van der Waals surface area contributed by atoms with Crippen molar-refractivity contribution in [3.8, 4) is 0 Å². The van der Waals surface area contributed by atoms with E-state index in [1.165, 1.54) is 0 Å². The van der Waals surface area contributed by atoms with Crippen molar-refractivity contribution >= 4 is 0 Å². The van der Waals surface area contributed by atoms with Crippen molar-refractivity contribution in [1.82, 2.24) is 0 Å². The molecule has 1 atom stereocenters. The van der Waals surface area contributed by atoms with Crippen molar-refractivity contribution in [2.75, 3.05) is 13.2 Å². The monoisotopic (exact) mass is 159 g/mol. The molecule has 0 saturated carbocycles. The number of aliphatic hydroxyl groups is 1. The van der Waals surface area contributed by atoms with Gasteiger partial charge in [-0.15, -0.1) is 0 Å². The SMILES string of the molecule is CC(C)C[C@@H](N)C1(O)COC1. The first kappa shape index (κ1) is 8.97. The van der Waals surface area contributed by atoms with Gasteiger partial charge in [-0.2, -0.15) is 0 Å². The van der Waals surface area contributed by atoms with E-state index in [0.717, 1.165) is 6.42 Å². The van der Waals surface area contributed by atoms with Crippen LogP contribution in [0.5, 0.6) is 0 Å². The summed E-state index contributed by atoms with van der Waals surface area (Å²) in [5, 5.41) is 9.68. The summed E-state index contributed by atoms with van der Waals surface area (Å²) in [7, 11) is 0. The van der Waals surface area contributed by atoms with Crippen LogP contribution in [0.4, 0.5) is 0 Å². The van der Waals surface area contributed by atoms with Gasteiger partial charge in [-0.1, -0.05) is 13.8 Å². The molecule has 11 heavy (non-hydrogen) atoms. The normalized spacial score (nSPS) is 24.8. The van der Waals surface area contributed by atoms with Gasteiger partial charge in [-0.3, -0.25) is 0 Å². The van der Waals surface area contributed by atoms with Crippen molar-refractivity contribution in [1.29, 1.82) is 0 Å². The quantitative estimate of drug-likeness (QED) is 0.615. The number of nitrogens with two attached hydrogens (primary N) is 1. The van der Waals surface area contributed by atoms with Gasteiger partial charge < -0.3 is 15.6 Å². The van der Waals surface area contributed by atoms with Gasteiger partial charge >= 0.3 is 0 Å². The molecule has 0 radical (unpaired) electrons. The van der Waals surface area contributed by atoms with Gasteiger partial charge in [0.05, 0.1) is 13.2 Å². The van der Waals surface area contributed by atoms with E-state index in [2.05, 4.69) is 13.8 Å². The molecule has 0 aromatic carbocycles. The fourth-order valence-corrected chi connectivity index (χ4v) is 1.25. The summed E-state index contributed by atoms with van der Waals surface area (Å²) < 4.78 is 4.91. The Morgan fingerprint density at radius 3 is 2.36 bits per heavy atom. The van der Waals surface area contributed by atoms with E-state index in [1.807, 2.05) is 0 Å². The molecular formula is C8H17NO2. The van der Waals surface area contributed by atoms with Gasteiger partial charge in [0.1, 0.15) is 5.60 Å². The summed E-state index contributed by atoms with van der Waals surface area (Å²) in [6, 6.07) is -0.128. The number of ether oxygens (including phenoxy) is 1. The van der Waals surface area contributed by atoms with Crippen LogP contribution >= 0.6 is 0 Å². The Morgan fingerprint density at radius 2 is 2.09 bits per heavy atom. The van der Waals surface area contributed by atoms with Crippen molar-refractivity contribution in [2.24, 2.45) is 11.7 Å². The second-order valence-corrected chi connectivity index (χ2v) is 3.83. The highest BCUT2D eigenvalue weighted by atomic mass is 16.5. The summed E-state index contributed by atoms with van der Waals surface area (Å²) in [4.78, 5) is 0. The average molecular weight is 159 g/mol. The number of hydrogen-bond acceptors (Lipinski definition) is 3. The van der Waals surface area contributed by atoms with Gasteiger partial charge in [0.2, 0.25) is 0 Å². The lowest BCUT2D eigenvalue weighted by Crippen LogP contribution is -2.61. The van der Waals surface area contributed by atoms with E-state index >= 15 is 0 Å². The predicted molar refractivity (Wildman–Crippen MR) is 43.2 cm³/mol. The molecule has 0 spiro atoms. The highest BCUT2D eigenvalue weighted by Crippen LogP contribution is 2.23. The zero-order valence-electron chi connectivity index (χ0n) is 7.21. The molecule has 1 heterocycles. The Bertz CT molecular complexity index is 132. The van der Waals surface area contributed by atoms with Crippen LogP contribution in [0, 0.1) is 5.92 Å². The minimum Gasteiger partial charge on any atom is -0.383 e. The third-order valence-corrected chi connectivity index (χ3v) is 2.12. The van der Waals surface area contributed by atoms with Crippen LogP contribution in [0.25, 0.3) is 0 Å². The molecule has 0 aromatic rings. The van der Waals surface area contributed by atoms with E-state index in [9.17, 15) is 5.11 Å². The second-order valence-electron chi connectivity index (χ2n) is 3.83. The molecule has 1 rings (SSSR count). The first-order valence-electron chi connectivity index (χ1n) is 4.10. The fraction of sp³-hybridized carbons (Fsp3) is 1.00. The first-order chi connectivity index (χ1) is 5.04. The van der Waals surface area contributed by atoms with Crippen molar-refractivity contribution < 1.29 is 9.84 Å². The topological polar surface area (TPSA) is 55.5 Å². The van der Waals surface area contributed by atoms with Crippen LogP contribution in [0.1, 0.15) is 20.3 Å². The summed E-state index contributed by atoms with van der Waals surface area (Å²) in [6.07, 6.45) is 0.861. The Hall–Kier alpha value is -0.120. The van der Waals surface area contributed by atoms with E-state index in [4.69, 9.17) is 10.5 Å². The van der Waals surface area contributed by atoms with Crippen LogP contribution in [0.15, 0.2) is 0 Å². The summed E-state index contributed by atoms with van der Waals surface area (Å²) in [5.74, 6) is 0.537. The lowest BCUT2D eigenvalue weighted by Gasteiger charge is -2.41. The van der Waals surface area contributed by atoms with Crippen LogP contribution < -0.4 is 5.73 Å². The minimum absolute atomic E-state index is 0.128. The van der Waals surface area contributed by atoms with E-state index in [1.54, 1.807) is 0 Å². The van der Waals surface area contributed by atoms with Gasteiger partial charge in [0.15, 0.2) is 0 Å². The molecule has 3 heteroatoms. The highest BCUT2D eigenvalue weighted by Gasteiger charge is 2.41. The average Bonchev–Trinajstić information content (AvgIpc) is 1.81. The summed E-state index contributed by atoms with van der Waals surface area (Å²) >= 11 is 0. The molecule has 0 bridgehead atoms. The number of hydrogen-bond donors (Lipinski definition) is 2. The minimum atomic E-state index is -0.732. The lowest BCUT2D eigenvalue weighted by molar-refractivity contribution is -0.191. The largest absolute Gasteiger partial charge is 0.383 e. The standard InChI is InChI=1S/C8H17NO2/c1-6(2)3-7(9)8(10)4-11-5-8/h6-7,10H,3-5,9H2,1-2H3/t7-/m1/s1. The predicted octanol–water partition coefficient (Wildman–Crippen LogP) is 0.121. The maximum absolute atomic E-state index is 9.68. The Labute approximate surface area is 67.5 Å². The molecule has 1 aliphatic heterocycles. The number of rotatable bonds is 3. The van der Waals surface area contributed by atoms with Crippen LogP contribution in [-0.2, 0) is 4.74 Å². The summed E-state index contributed by atoms with van der Waals surface area (Å²) in [5.41, 5.74) is 5.05. The molecule has 1 fully saturated rings. The molecule has 1 aliphatic rings. The molecule has 66 valence electrons. The Kier molecular flexibility index (Phi) is 2.52. The summed E-state index contributed by atoms with van der Waals surface area (Å²) in [6.45, 7) is 5.01. The first-order valence-corrected chi connectivity index (χ1v) is 4.10. The third kappa shape index (κ3) is 1.92. The van der Waals surface area contributed by atoms with Crippen LogP contribution in [-0.4, -0.2) is 30.0 Å². The van der Waals surface area contributed by atoms with Gasteiger partial charge in [0.25, 0.3) is 0 Å². The van der Waals surface area contributed by atoms with Crippen molar-refractivity contribution in [3.05, 3.63) is 0 Å². The molecule has 3 N–H and O–H groups in total.